The van der Waals surface area contributed by atoms with E-state index in [0.29, 0.717) is 27.8 Å². The van der Waals surface area contributed by atoms with Crippen LogP contribution in [0.1, 0.15) is 18.5 Å². The number of carbonyl (C=O) groups excluding carboxylic acids is 1. The van der Waals surface area contributed by atoms with E-state index in [1.807, 2.05) is 0 Å². The van der Waals surface area contributed by atoms with Gasteiger partial charge in [0.1, 0.15) is 18.0 Å². The lowest BCUT2D eigenvalue weighted by Gasteiger charge is -2.25. The molecular formula is C24H25ClN2O5S. The van der Waals surface area contributed by atoms with E-state index in [-0.39, 0.29) is 4.90 Å². The topological polar surface area (TPSA) is 84.9 Å². The number of halogens is 1. The highest BCUT2D eigenvalue weighted by Gasteiger charge is 2.28. The summed E-state index contributed by atoms with van der Waals surface area (Å²) < 4.78 is 38.5. The lowest BCUT2D eigenvalue weighted by Crippen LogP contribution is -2.41. The summed E-state index contributed by atoms with van der Waals surface area (Å²) in [6.07, 6.45) is 0. The van der Waals surface area contributed by atoms with Gasteiger partial charge in [0.15, 0.2) is 0 Å². The summed E-state index contributed by atoms with van der Waals surface area (Å²) in [4.78, 5) is 13.1. The molecule has 0 bridgehead atoms. The van der Waals surface area contributed by atoms with Crippen LogP contribution >= 0.6 is 11.6 Å². The van der Waals surface area contributed by atoms with E-state index in [9.17, 15) is 13.2 Å². The Morgan fingerprint density at radius 1 is 1.00 bits per heavy atom. The van der Waals surface area contributed by atoms with Crippen molar-refractivity contribution in [2.24, 2.45) is 0 Å². The first kappa shape index (κ1) is 24.4. The summed E-state index contributed by atoms with van der Waals surface area (Å²) in [5.41, 5.74) is 1.03. The van der Waals surface area contributed by atoms with E-state index in [1.54, 1.807) is 74.7 Å². The number of hydrogen-bond acceptors (Lipinski definition) is 5. The van der Waals surface area contributed by atoms with E-state index in [2.05, 4.69) is 5.32 Å². The van der Waals surface area contributed by atoms with Crippen molar-refractivity contribution in [1.29, 1.82) is 0 Å². The van der Waals surface area contributed by atoms with Crippen molar-refractivity contribution < 1.29 is 22.7 Å². The van der Waals surface area contributed by atoms with Crippen molar-refractivity contribution in [3.63, 3.8) is 0 Å². The van der Waals surface area contributed by atoms with Gasteiger partial charge in [-0.3, -0.25) is 9.10 Å². The second kappa shape index (κ2) is 10.6. The minimum Gasteiger partial charge on any atom is -0.497 e. The van der Waals surface area contributed by atoms with Crippen molar-refractivity contribution >= 4 is 33.2 Å². The maximum atomic E-state index is 13.4. The molecule has 1 atom stereocenters. The third-order valence-corrected chi connectivity index (χ3v) is 7.05. The summed E-state index contributed by atoms with van der Waals surface area (Å²) in [5.74, 6) is 0.707. The van der Waals surface area contributed by atoms with E-state index < -0.39 is 28.5 Å². The van der Waals surface area contributed by atoms with Crippen LogP contribution in [-0.4, -0.2) is 35.1 Å². The Labute approximate surface area is 198 Å². The van der Waals surface area contributed by atoms with Crippen LogP contribution in [0.4, 0.5) is 5.69 Å². The summed E-state index contributed by atoms with van der Waals surface area (Å²) in [5, 5.41) is 3.31. The number of sulfonamides is 1. The molecule has 174 valence electrons. The highest BCUT2D eigenvalue weighted by Crippen LogP contribution is 2.30. The first-order valence-corrected chi connectivity index (χ1v) is 11.9. The fourth-order valence-corrected chi connectivity index (χ4v) is 4.88. The minimum atomic E-state index is -4.00. The summed E-state index contributed by atoms with van der Waals surface area (Å²) in [6, 6.07) is 19.0. The third-order valence-electron chi connectivity index (χ3n) is 5.01. The second-order valence-electron chi connectivity index (χ2n) is 7.20. The zero-order chi connectivity index (χ0) is 24.0. The van der Waals surface area contributed by atoms with E-state index in [4.69, 9.17) is 21.1 Å². The Hall–Kier alpha value is -3.23. The number of amides is 1. The van der Waals surface area contributed by atoms with Crippen LogP contribution in [0.2, 0.25) is 5.02 Å². The van der Waals surface area contributed by atoms with Gasteiger partial charge >= 0.3 is 0 Å². The number of nitrogens with zero attached hydrogens (tertiary/aromatic N) is 1. The molecule has 1 N–H and O–H groups in total. The molecule has 0 aliphatic rings. The molecule has 0 saturated heterocycles. The number of rotatable bonds is 9. The Kier molecular flexibility index (Phi) is 7.84. The number of methoxy groups -OCH3 is 2. The second-order valence-corrected chi connectivity index (χ2v) is 9.50. The predicted octanol–water partition coefficient (Wildman–Crippen LogP) is 4.43. The molecule has 0 heterocycles. The maximum absolute atomic E-state index is 13.4. The molecule has 7 nitrogen and oxygen atoms in total. The molecule has 0 fully saturated rings. The van der Waals surface area contributed by atoms with E-state index in [1.165, 1.54) is 19.2 Å². The molecule has 0 aliphatic heterocycles. The molecule has 0 saturated carbocycles. The highest BCUT2D eigenvalue weighted by molar-refractivity contribution is 7.92. The monoisotopic (exact) mass is 488 g/mol. The number of hydrogen-bond donors (Lipinski definition) is 1. The van der Waals surface area contributed by atoms with Gasteiger partial charge in [-0.25, -0.2) is 8.42 Å². The zero-order valence-corrected chi connectivity index (χ0v) is 20.1. The molecule has 9 heteroatoms. The van der Waals surface area contributed by atoms with Crippen molar-refractivity contribution in [2.45, 2.75) is 17.9 Å². The van der Waals surface area contributed by atoms with Gasteiger partial charge < -0.3 is 14.8 Å². The molecule has 3 aromatic rings. The summed E-state index contributed by atoms with van der Waals surface area (Å²) in [6.45, 7) is 1.36. The van der Waals surface area contributed by atoms with Gasteiger partial charge in [0.05, 0.1) is 30.8 Å². The lowest BCUT2D eigenvalue weighted by atomic mass is 10.1. The van der Waals surface area contributed by atoms with Crippen LogP contribution in [0, 0.1) is 0 Å². The fraction of sp³-hybridized carbons (Fsp3) is 0.208. The molecule has 0 spiro atoms. The average molecular weight is 489 g/mol. The highest BCUT2D eigenvalue weighted by atomic mass is 35.5. The number of ether oxygens (including phenoxy) is 2. The lowest BCUT2D eigenvalue weighted by molar-refractivity contribution is -0.120. The fourth-order valence-electron chi connectivity index (χ4n) is 3.32. The van der Waals surface area contributed by atoms with E-state index >= 15 is 0 Å². The van der Waals surface area contributed by atoms with Gasteiger partial charge in [-0.1, -0.05) is 29.8 Å². The first-order chi connectivity index (χ1) is 15.8. The van der Waals surface area contributed by atoms with Crippen LogP contribution in [0.15, 0.2) is 77.7 Å². The molecule has 1 amide bonds. The molecule has 0 aliphatic carbocycles. The Morgan fingerprint density at radius 2 is 1.67 bits per heavy atom. The number of benzene rings is 3. The normalized spacial score (nSPS) is 12.0. The zero-order valence-electron chi connectivity index (χ0n) is 18.5. The molecule has 0 unspecified atom stereocenters. The molecule has 0 radical (unpaired) electrons. The molecule has 3 aromatic carbocycles. The van der Waals surface area contributed by atoms with Crippen molar-refractivity contribution in [3.8, 4) is 11.5 Å². The van der Waals surface area contributed by atoms with Gasteiger partial charge in [0.25, 0.3) is 10.0 Å². The smallest absolute Gasteiger partial charge is 0.264 e. The van der Waals surface area contributed by atoms with Crippen molar-refractivity contribution in [2.75, 3.05) is 25.1 Å². The third kappa shape index (κ3) is 5.77. The summed E-state index contributed by atoms with van der Waals surface area (Å²) in [7, 11) is -0.916. The van der Waals surface area contributed by atoms with E-state index in [0.717, 1.165) is 4.31 Å². The quantitative estimate of drug-likeness (QED) is 0.481. The molecule has 3 rings (SSSR count). The van der Waals surface area contributed by atoms with Gasteiger partial charge in [0, 0.05) is 10.6 Å². The summed E-state index contributed by atoms with van der Waals surface area (Å²) >= 11 is 5.97. The molecule has 0 aromatic heterocycles. The van der Waals surface area contributed by atoms with Gasteiger partial charge in [0.2, 0.25) is 5.91 Å². The minimum absolute atomic E-state index is 0.0789. The van der Waals surface area contributed by atoms with Crippen LogP contribution in [-0.2, 0) is 14.8 Å². The van der Waals surface area contributed by atoms with Crippen LogP contribution in [0.5, 0.6) is 11.5 Å². The standard InChI is InChI=1S/C24H25ClN2O5S/c1-17(22-15-20(31-2)13-14-23(22)32-3)26-24(28)16-27(19-11-9-18(25)10-12-19)33(29,30)21-7-5-4-6-8-21/h4-15,17H,16H2,1-3H3,(H,26,28)/t17-/m1/s1. The Morgan fingerprint density at radius 3 is 2.27 bits per heavy atom. The Bertz CT molecular complexity index is 1200. The van der Waals surface area contributed by atoms with Crippen molar-refractivity contribution in [3.05, 3.63) is 83.4 Å². The maximum Gasteiger partial charge on any atom is 0.264 e. The van der Waals surface area contributed by atoms with Gasteiger partial charge in [-0.15, -0.1) is 0 Å². The van der Waals surface area contributed by atoms with Gasteiger partial charge in [-0.2, -0.15) is 0 Å². The SMILES string of the molecule is COc1ccc(OC)c([C@@H](C)NC(=O)CN(c2ccc(Cl)cc2)S(=O)(=O)c2ccccc2)c1. The van der Waals surface area contributed by atoms with Crippen molar-refractivity contribution in [1.82, 2.24) is 5.32 Å². The van der Waals surface area contributed by atoms with Crippen LogP contribution < -0.4 is 19.1 Å². The number of nitrogens with one attached hydrogen (secondary N) is 1. The Balaban J connectivity index is 1.89. The molecule has 33 heavy (non-hydrogen) atoms. The van der Waals surface area contributed by atoms with Crippen LogP contribution in [0.3, 0.4) is 0 Å². The average Bonchev–Trinajstić information content (AvgIpc) is 2.83. The number of anilines is 1. The predicted molar refractivity (Wildman–Crippen MR) is 129 cm³/mol. The van der Waals surface area contributed by atoms with Crippen LogP contribution in [0.25, 0.3) is 0 Å². The molecular weight excluding hydrogens is 464 g/mol. The van der Waals surface area contributed by atoms with Gasteiger partial charge in [-0.05, 0) is 61.5 Å². The largest absolute Gasteiger partial charge is 0.497 e. The first-order valence-electron chi connectivity index (χ1n) is 10.1. The number of carbonyl (C=O) groups is 1.